The first-order chi connectivity index (χ1) is 7.61. The van der Waals surface area contributed by atoms with Gasteiger partial charge in [0.1, 0.15) is 0 Å². The molecule has 2 nitrogen and oxygen atoms in total. The summed E-state index contributed by atoms with van der Waals surface area (Å²) in [5.74, 6) is 0.0717. The van der Waals surface area contributed by atoms with Crippen LogP contribution in [0.2, 0.25) is 0 Å². The lowest BCUT2D eigenvalue weighted by molar-refractivity contribution is -0.613. The second-order valence-corrected chi connectivity index (χ2v) is 4.07. The maximum absolute atomic E-state index is 11.9. The number of hydrogen-bond acceptors (Lipinski definition) is 1. The highest BCUT2D eigenvalue weighted by Gasteiger charge is 2.16. The molecule has 2 aromatic rings. The fraction of sp³-hybridized carbons (Fsp3) is 0.214. The second kappa shape index (κ2) is 3.97. The molecule has 0 aliphatic rings. The molecule has 0 amide bonds. The highest BCUT2D eigenvalue weighted by atomic mass is 16.3. The van der Waals surface area contributed by atoms with E-state index in [9.17, 15) is 5.11 Å². The summed E-state index contributed by atoms with van der Waals surface area (Å²) < 4.78 is 2.01. The lowest BCUT2D eigenvalue weighted by Gasteiger charge is -2.13. The monoisotopic (exact) mass is 213 g/mol. The number of rotatable bonds is 1. The molecule has 0 atom stereocenters. The summed E-state index contributed by atoms with van der Waals surface area (Å²) in [6, 6.07) is 11.4. The van der Waals surface area contributed by atoms with Gasteiger partial charge >= 0.3 is 0 Å². The van der Waals surface area contributed by atoms with E-state index in [0.717, 1.165) is 22.6 Å². The van der Waals surface area contributed by atoms with E-state index >= 15 is 0 Å². The van der Waals surface area contributed by atoms with Crippen molar-refractivity contribution in [1.82, 2.24) is 0 Å². The van der Waals surface area contributed by atoms with E-state index in [2.05, 4.69) is 0 Å². The SMILES string of the molecule is Cc1cccc([O-])c1-[n+]1c(C)cccc1C. The molecule has 1 aromatic carbocycles. The first-order valence-corrected chi connectivity index (χ1v) is 5.36. The van der Waals surface area contributed by atoms with Gasteiger partial charge in [-0.05, 0) is 18.7 Å². The van der Waals surface area contributed by atoms with Crippen LogP contribution in [0.1, 0.15) is 17.0 Å². The maximum Gasteiger partial charge on any atom is 0.206 e. The Labute approximate surface area is 95.8 Å². The highest BCUT2D eigenvalue weighted by molar-refractivity contribution is 5.44. The summed E-state index contributed by atoms with van der Waals surface area (Å²) in [4.78, 5) is 0. The number of aryl methyl sites for hydroxylation is 3. The van der Waals surface area contributed by atoms with Crippen molar-refractivity contribution in [2.45, 2.75) is 20.8 Å². The fourth-order valence-electron chi connectivity index (χ4n) is 2.03. The molecule has 0 saturated carbocycles. The van der Waals surface area contributed by atoms with Crippen LogP contribution in [0.25, 0.3) is 5.69 Å². The number of benzene rings is 1. The Bertz CT molecular complexity index is 442. The number of hydrogen-bond donors (Lipinski definition) is 0. The van der Waals surface area contributed by atoms with Crippen LogP contribution in [0.3, 0.4) is 0 Å². The maximum atomic E-state index is 11.9. The summed E-state index contributed by atoms with van der Waals surface area (Å²) in [5.41, 5.74) is 3.92. The van der Waals surface area contributed by atoms with Crippen LogP contribution in [0.15, 0.2) is 36.4 Å². The molecule has 0 saturated heterocycles. The van der Waals surface area contributed by atoms with Gasteiger partial charge in [-0.1, -0.05) is 18.2 Å². The number of para-hydroxylation sites is 1. The molecule has 0 aliphatic carbocycles. The summed E-state index contributed by atoms with van der Waals surface area (Å²) in [6.45, 7) is 5.99. The van der Waals surface area contributed by atoms with Gasteiger partial charge in [-0.15, -0.1) is 0 Å². The molecule has 0 spiro atoms. The molecule has 0 radical (unpaired) electrons. The molecule has 1 heterocycles. The molecule has 16 heavy (non-hydrogen) atoms. The van der Waals surface area contributed by atoms with Crippen molar-refractivity contribution < 1.29 is 9.67 Å². The molecule has 0 bridgehead atoms. The fourth-order valence-corrected chi connectivity index (χ4v) is 2.03. The predicted molar refractivity (Wildman–Crippen MR) is 61.6 cm³/mol. The summed E-state index contributed by atoms with van der Waals surface area (Å²) in [6.07, 6.45) is 0. The number of pyridine rings is 1. The van der Waals surface area contributed by atoms with Gasteiger partial charge in [-0.3, -0.25) is 0 Å². The Morgan fingerprint density at radius 2 is 1.44 bits per heavy atom. The molecule has 0 fully saturated rings. The van der Waals surface area contributed by atoms with Crippen LogP contribution in [-0.2, 0) is 0 Å². The average Bonchev–Trinajstić information content (AvgIpc) is 2.21. The van der Waals surface area contributed by atoms with Crippen molar-refractivity contribution >= 4 is 0 Å². The molecule has 2 heteroatoms. The smallest absolute Gasteiger partial charge is 0.206 e. The lowest BCUT2D eigenvalue weighted by atomic mass is 10.1. The minimum Gasteiger partial charge on any atom is -0.868 e. The van der Waals surface area contributed by atoms with Crippen LogP contribution >= 0.6 is 0 Å². The highest BCUT2D eigenvalue weighted by Crippen LogP contribution is 2.18. The summed E-state index contributed by atoms with van der Waals surface area (Å²) in [7, 11) is 0. The Hall–Kier alpha value is -1.83. The van der Waals surface area contributed by atoms with E-state index in [1.165, 1.54) is 0 Å². The molecule has 0 N–H and O–H groups in total. The van der Waals surface area contributed by atoms with Crippen molar-refractivity contribution in [3.63, 3.8) is 0 Å². The lowest BCUT2D eigenvalue weighted by Crippen LogP contribution is -2.39. The van der Waals surface area contributed by atoms with Crippen molar-refractivity contribution in [2.24, 2.45) is 0 Å². The topological polar surface area (TPSA) is 26.9 Å². The normalized spacial score (nSPS) is 10.4. The zero-order valence-electron chi connectivity index (χ0n) is 9.82. The van der Waals surface area contributed by atoms with Gasteiger partial charge in [0.2, 0.25) is 5.69 Å². The zero-order chi connectivity index (χ0) is 11.7. The Balaban J connectivity index is 2.77. The first kappa shape index (κ1) is 10.7. The predicted octanol–water partition coefficient (Wildman–Crippen LogP) is 1.96. The van der Waals surface area contributed by atoms with Gasteiger partial charge in [0.25, 0.3) is 0 Å². The van der Waals surface area contributed by atoms with Gasteiger partial charge in [0, 0.05) is 31.5 Å². The zero-order valence-corrected chi connectivity index (χ0v) is 9.82. The quantitative estimate of drug-likeness (QED) is 0.665. The minimum atomic E-state index is 0.0717. The molecule has 1 aromatic heterocycles. The Kier molecular flexibility index (Phi) is 2.65. The number of nitrogens with zero attached hydrogens (tertiary/aromatic N) is 1. The largest absolute Gasteiger partial charge is 0.868 e. The van der Waals surface area contributed by atoms with Crippen molar-refractivity contribution in [3.8, 4) is 11.4 Å². The first-order valence-electron chi connectivity index (χ1n) is 5.36. The third-order valence-electron chi connectivity index (χ3n) is 2.80. The van der Waals surface area contributed by atoms with E-state index < -0.39 is 0 Å². The van der Waals surface area contributed by atoms with E-state index in [4.69, 9.17) is 0 Å². The van der Waals surface area contributed by atoms with Crippen LogP contribution in [0, 0.1) is 20.8 Å². The van der Waals surface area contributed by atoms with Crippen molar-refractivity contribution in [2.75, 3.05) is 0 Å². The Morgan fingerprint density at radius 1 is 0.875 bits per heavy atom. The molecule has 82 valence electrons. The molecule has 2 rings (SSSR count). The van der Waals surface area contributed by atoms with Crippen LogP contribution in [-0.4, -0.2) is 0 Å². The average molecular weight is 213 g/mol. The van der Waals surface area contributed by atoms with Crippen LogP contribution < -0.4 is 9.67 Å². The van der Waals surface area contributed by atoms with Gasteiger partial charge < -0.3 is 5.11 Å². The van der Waals surface area contributed by atoms with Gasteiger partial charge in [0.05, 0.1) is 0 Å². The number of aromatic nitrogens is 1. The van der Waals surface area contributed by atoms with Gasteiger partial charge in [-0.25, -0.2) is 0 Å². The van der Waals surface area contributed by atoms with Crippen molar-refractivity contribution in [3.05, 3.63) is 53.3 Å². The van der Waals surface area contributed by atoms with E-state index in [0.29, 0.717) is 0 Å². The molecule has 0 aliphatic heterocycles. The van der Waals surface area contributed by atoms with Gasteiger partial charge in [0.15, 0.2) is 11.4 Å². The Morgan fingerprint density at radius 3 is 2.00 bits per heavy atom. The standard InChI is InChI=1S/C14H15NO/c1-10-6-4-9-13(16)14(10)15-11(2)7-5-8-12(15)3/h4-9H,1-3H3. The minimum absolute atomic E-state index is 0.0717. The molecular formula is C14H15NO. The van der Waals surface area contributed by atoms with E-state index in [1.54, 1.807) is 12.1 Å². The summed E-state index contributed by atoms with van der Waals surface area (Å²) in [5, 5.41) is 11.9. The third kappa shape index (κ3) is 1.67. The molecule has 0 unspecified atom stereocenters. The second-order valence-electron chi connectivity index (χ2n) is 4.07. The van der Waals surface area contributed by atoms with Gasteiger partial charge in [-0.2, -0.15) is 4.57 Å². The molecular weight excluding hydrogens is 198 g/mol. The summed E-state index contributed by atoms with van der Waals surface area (Å²) >= 11 is 0. The van der Waals surface area contributed by atoms with Crippen LogP contribution in [0.4, 0.5) is 0 Å². The third-order valence-corrected chi connectivity index (χ3v) is 2.80. The van der Waals surface area contributed by atoms with Crippen LogP contribution in [0.5, 0.6) is 5.75 Å². The van der Waals surface area contributed by atoms with E-state index in [1.807, 2.05) is 49.6 Å². The van der Waals surface area contributed by atoms with Crippen molar-refractivity contribution in [1.29, 1.82) is 0 Å². The van der Waals surface area contributed by atoms with E-state index in [-0.39, 0.29) is 5.75 Å².